The molecule has 0 unspecified atom stereocenters. The summed E-state index contributed by atoms with van der Waals surface area (Å²) in [6, 6.07) is 4.01. The zero-order chi connectivity index (χ0) is 15.4. The number of carbonyl (C=O) groups is 1. The number of carboxylic acids is 1. The molecule has 0 radical (unpaired) electrons. The number of aromatic nitrogens is 2. The minimum absolute atomic E-state index is 0.0301. The number of aliphatic carboxylic acids is 1. The summed E-state index contributed by atoms with van der Waals surface area (Å²) < 4.78 is 2.01. The van der Waals surface area contributed by atoms with Crippen LogP contribution in [-0.4, -0.2) is 39.0 Å². The van der Waals surface area contributed by atoms with Gasteiger partial charge in [-0.25, -0.2) is 4.98 Å². The first-order valence-corrected chi connectivity index (χ1v) is 7.38. The lowest BCUT2D eigenvalue weighted by Gasteiger charge is -2.16. The van der Waals surface area contributed by atoms with Crippen LogP contribution in [-0.2, 0) is 17.8 Å². The molecule has 2 heterocycles. The highest BCUT2D eigenvalue weighted by Gasteiger charge is 2.16. The van der Waals surface area contributed by atoms with E-state index in [1.165, 1.54) is 0 Å². The molecular weight excluding hydrogens is 266 g/mol. The van der Waals surface area contributed by atoms with Crippen molar-refractivity contribution in [3.63, 3.8) is 0 Å². The van der Waals surface area contributed by atoms with E-state index in [0.717, 1.165) is 36.3 Å². The standard InChI is InChI=1S/C16H23N3O2/c1-4-5-7-18(3)11-14-13(10-16(20)21)17-15-9-12(2)6-8-19(14)15/h6,8-9H,4-5,7,10-11H2,1-3H3,(H,20,21). The molecule has 0 spiro atoms. The number of hydrogen-bond acceptors (Lipinski definition) is 3. The van der Waals surface area contributed by atoms with Crippen molar-refractivity contribution in [2.75, 3.05) is 13.6 Å². The second kappa shape index (κ2) is 6.72. The molecule has 114 valence electrons. The largest absolute Gasteiger partial charge is 0.481 e. The third-order valence-electron chi connectivity index (χ3n) is 3.60. The number of fused-ring (bicyclic) bond motifs is 1. The Balaban J connectivity index is 2.35. The number of nitrogens with zero attached hydrogens (tertiary/aromatic N) is 3. The van der Waals surface area contributed by atoms with Crippen molar-refractivity contribution in [2.24, 2.45) is 0 Å². The van der Waals surface area contributed by atoms with Gasteiger partial charge in [0.1, 0.15) is 5.65 Å². The summed E-state index contributed by atoms with van der Waals surface area (Å²) in [6.07, 6.45) is 4.24. The average Bonchev–Trinajstić information content (AvgIpc) is 2.72. The van der Waals surface area contributed by atoms with Gasteiger partial charge < -0.3 is 14.4 Å². The Morgan fingerprint density at radius 3 is 2.90 bits per heavy atom. The maximum atomic E-state index is 11.1. The Morgan fingerprint density at radius 1 is 1.48 bits per heavy atom. The molecule has 0 saturated carbocycles. The van der Waals surface area contributed by atoms with Gasteiger partial charge in [0.2, 0.25) is 0 Å². The number of aryl methyl sites for hydroxylation is 1. The van der Waals surface area contributed by atoms with Crippen molar-refractivity contribution >= 4 is 11.6 Å². The molecule has 21 heavy (non-hydrogen) atoms. The lowest BCUT2D eigenvalue weighted by atomic mass is 10.2. The Kier molecular flexibility index (Phi) is 4.96. The second-order valence-corrected chi connectivity index (χ2v) is 5.60. The Bertz CT molecular complexity index is 634. The minimum atomic E-state index is -0.840. The summed E-state index contributed by atoms with van der Waals surface area (Å²) in [6.45, 7) is 5.90. The smallest absolute Gasteiger partial charge is 0.309 e. The quantitative estimate of drug-likeness (QED) is 0.851. The van der Waals surface area contributed by atoms with Gasteiger partial charge in [0.25, 0.3) is 0 Å². The van der Waals surface area contributed by atoms with Gasteiger partial charge in [-0.15, -0.1) is 0 Å². The lowest BCUT2D eigenvalue weighted by molar-refractivity contribution is -0.136. The number of unbranched alkanes of at least 4 members (excludes halogenated alkanes) is 1. The molecule has 0 bridgehead atoms. The van der Waals surface area contributed by atoms with Crippen LogP contribution in [0.2, 0.25) is 0 Å². The predicted molar refractivity (Wildman–Crippen MR) is 82.5 cm³/mol. The van der Waals surface area contributed by atoms with Crippen LogP contribution in [0.1, 0.15) is 36.7 Å². The Hall–Kier alpha value is -1.88. The summed E-state index contributed by atoms with van der Waals surface area (Å²) in [5, 5.41) is 9.08. The van der Waals surface area contributed by atoms with Gasteiger partial charge in [0.05, 0.1) is 17.8 Å². The number of hydrogen-bond donors (Lipinski definition) is 1. The third-order valence-corrected chi connectivity index (χ3v) is 3.60. The van der Waals surface area contributed by atoms with Crippen LogP contribution < -0.4 is 0 Å². The maximum Gasteiger partial charge on any atom is 0.309 e. The van der Waals surface area contributed by atoms with Crippen LogP contribution >= 0.6 is 0 Å². The number of carboxylic acid groups (broad SMARTS) is 1. The van der Waals surface area contributed by atoms with Crippen molar-refractivity contribution in [1.82, 2.24) is 14.3 Å². The first-order chi connectivity index (χ1) is 10.0. The molecule has 0 aromatic carbocycles. The van der Waals surface area contributed by atoms with E-state index in [4.69, 9.17) is 5.11 Å². The number of pyridine rings is 1. The zero-order valence-electron chi connectivity index (χ0n) is 13.0. The van der Waals surface area contributed by atoms with Gasteiger partial charge in [-0.1, -0.05) is 13.3 Å². The van der Waals surface area contributed by atoms with Gasteiger partial charge in [-0.3, -0.25) is 4.79 Å². The lowest BCUT2D eigenvalue weighted by Crippen LogP contribution is -2.21. The molecule has 5 nitrogen and oxygen atoms in total. The van der Waals surface area contributed by atoms with E-state index in [2.05, 4.69) is 23.9 Å². The van der Waals surface area contributed by atoms with E-state index >= 15 is 0 Å². The van der Waals surface area contributed by atoms with Crippen LogP contribution in [0.3, 0.4) is 0 Å². The summed E-state index contributed by atoms with van der Waals surface area (Å²) >= 11 is 0. The molecular formula is C16H23N3O2. The molecule has 0 fully saturated rings. The zero-order valence-corrected chi connectivity index (χ0v) is 13.0. The third kappa shape index (κ3) is 3.82. The second-order valence-electron chi connectivity index (χ2n) is 5.60. The molecule has 1 N–H and O–H groups in total. The summed E-state index contributed by atoms with van der Waals surface area (Å²) in [7, 11) is 2.06. The van der Waals surface area contributed by atoms with Crippen molar-refractivity contribution in [2.45, 2.75) is 39.7 Å². The molecule has 0 saturated heterocycles. The SMILES string of the molecule is CCCCN(C)Cc1c(CC(=O)O)nc2cc(C)ccn12. The van der Waals surface area contributed by atoms with Crippen LogP contribution in [0.5, 0.6) is 0 Å². The molecule has 0 aliphatic carbocycles. The van der Waals surface area contributed by atoms with Crippen LogP contribution in [0.4, 0.5) is 0 Å². The molecule has 0 amide bonds. The van der Waals surface area contributed by atoms with E-state index < -0.39 is 5.97 Å². The fraction of sp³-hybridized carbons (Fsp3) is 0.500. The number of imidazole rings is 1. The summed E-state index contributed by atoms with van der Waals surface area (Å²) in [4.78, 5) is 17.8. The highest BCUT2D eigenvalue weighted by atomic mass is 16.4. The van der Waals surface area contributed by atoms with Crippen LogP contribution in [0, 0.1) is 6.92 Å². The van der Waals surface area contributed by atoms with Gasteiger partial charge in [0, 0.05) is 12.7 Å². The first kappa shape index (κ1) is 15.5. The molecule has 2 aromatic rings. The van der Waals surface area contributed by atoms with Gasteiger partial charge in [0.15, 0.2) is 0 Å². The number of rotatable bonds is 7. The van der Waals surface area contributed by atoms with Gasteiger partial charge >= 0.3 is 5.97 Å². The Morgan fingerprint density at radius 2 is 2.24 bits per heavy atom. The molecule has 2 aromatic heterocycles. The van der Waals surface area contributed by atoms with Crippen molar-refractivity contribution in [1.29, 1.82) is 0 Å². The predicted octanol–water partition coefficient (Wildman–Crippen LogP) is 2.50. The maximum absolute atomic E-state index is 11.1. The summed E-state index contributed by atoms with van der Waals surface area (Å²) in [5.41, 5.74) is 3.59. The van der Waals surface area contributed by atoms with E-state index in [0.29, 0.717) is 12.2 Å². The van der Waals surface area contributed by atoms with Crippen LogP contribution in [0.15, 0.2) is 18.3 Å². The first-order valence-electron chi connectivity index (χ1n) is 7.38. The monoisotopic (exact) mass is 289 g/mol. The van der Waals surface area contributed by atoms with E-state index in [-0.39, 0.29) is 6.42 Å². The normalized spacial score (nSPS) is 11.4. The van der Waals surface area contributed by atoms with Gasteiger partial charge in [-0.2, -0.15) is 0 Å². The van der Waals surface area contributed by atoms with E-state index in [1.54, 1.807) is 0 Å². The van der Waals surface area contributed by atoms with Gasteiger partial charge in [-0.05, 0) is 44.6 Å². The molecule has 5 heteroatoms. The van der Waals surface area contributed by atoms with Crippen molar-refractivity contribution in [3.05, 3.63) is 35.3 Å². The van der Waals surface area contributed by atoms with Crippen LogP contribution in [0.25, 0.3) is 5.65 Å². The van der Waals surface area contributed by atoms with E-state index in [1.807, 2.05) is 29.7 Å². The molecule has 0 atom stereocenters. The molecule has 0 aliphatic rings. The fourth-order valence-corrected chi connectivity index (χ4v) is 2.46. The topological polar surface area (TPSA) is 57.8 Å². The Labute approximate surface area is 125 Å². The molecule has 0 aliphatic heterocycles. The van der Waals surface area contributed by atoms with Crippen molar-refractivity contribution < 1.29 is 9.90 Å². The fourth-order valence-electron chi connectivity index (χ4n) is 2.46. The highest BCUT2D eigenvalue weighted by molar-refractivity contribution is 5.70. The summed E-state index contributed by atoms with van der Waals surface area (Å²) in [5.74, 6) is -0.840. The van der Waals surface area contributed by atoms with E-state index in [9.17, 15) is 4.79 Å². The highest BCUT2D eigenvalue weighted by Crippen LogP contribution is 2.17. The molecule has 2 rings (SSSR count). The minimum Gasteiger partial charge on any atom is -0.481 e. The average molecular weight is 289 g/mol. The van der Waals surface area contributed by atoms with Crippen molar-refractivity contribution in [3.8, 4) is 0 Å².